The van der Waals surface area contributed by atoms with Crippen molar-refractivity contribution < 1.29 is 22.7 Å². The van der Waals surface area contributed by atoms with Crippen molar-refractivity contribution in [2.24, 2.45) is 0 Å². The van der Waals surface area contributed by atoms with E-state index in [1.165, 1.54) is 10.6 Å². The van der Waals surface area contributed by atoms with Gasteiger partial charge in [0.1, 0.15) is 0 Å². The smallest absolute Gasteiger partial charge is 0.258 e. The van der Waals surface area contributed by atoms with E-state index in [9.17, 15) is 13.2 Å². The minimum Gasteiger partial charge on any atom is -0.493 e. The number of ether oxygens (including phenoxy) is 2. The van der Waals surface area contributed by atoms with Gasteiger partial charge in [0.25, 0.3) is 5.91 Å². The summed E-state index contributed by atoms with van der Waals surface area (Å²) in [4.78, 5) is 15.1. The van der Waals surface area contributed by atoms with Gasteiger partial charge in [0, 0.05) is 36.1 Å². The van der Waals surface area contributed by atoms with Crippen LogP contribution in [0.4, 0.5) is 17.1 Å². The second-order valence-electron chi connectivity index (χ2n) is 8.45. The number of allylic oxidation sites excluding steroid dienone is 1. The van der Waals surface area contributed by atoms with Crippen LogP contribution in [0.3, 0.4) is 0 Å². The summed E-state index contributed by atoms with van der Waals surface area (Å²) in [6.45, 7) is 8.83. The zero-order chi connectivity index (χ0) is 26.5. The molecule has 0 aromatic heterocycles. The summed E-state index contributed by atoms with van der Waals surface area (Å²) in [7, 11) is -0.329. The van der Waals surface area contributed by atoms with Gasteiger partial charge in [0.05, 0.1) is 37.4 Å². The summed E-state index contributed by atoms with van der Waals surface area (Å²) >= 11 is 0. The number of hydrogen-bond donors (Lipinski definition) is 2. The number of amides is 1. The van der Waals surface area contributed by atoms with E-state index in [2.05, 4.69) is 29.4 Å². The fourth-order valence-electron chi connectivity index (χ4n) is 4.27. The molecule has 9 nitrogen and oxygen atoms in total. The van der Waals surface area contributed by atoms with Gasteiger partial charge in [-0.15, -0.1) is 0 Å². The van der Waals surface area contributed by atoms with Crippen LogP contribution in [0.2, 0.25) is 0 Å². The van der Waals surface area contributed by atoms with E-state index in [-0.39, 0.29) is 5.91 Å². The molecule has 1 aliphatic heterocycles. The van der Waals surface area contributed by atoms with Crippen LogP contribution in [0.25, 0.3) is 5.57 Å². The molecule has 1 heterocycles. The van der Waals surface area contributed by atoms with Gasteiger partial charge in [0.2, 0.25) is 10.0 Å². The van der Waals surface area contributed by atoms with E-state index in [4.69, 9.17) is 9.47 Å². The number of fused-ring (bicyclic) bond motifs is 1. The lowest BCUT2D eigenvalue weighted by Crippen LogP contribution is -2.38. The van der Waals surface area contributed by atoms with Gasteiger partial charge >= 0.3 is 0 Å². The number of nitrogens with zero attached hydrogens (tertiary/aromatic N) is 2. The summed E-state index contributed by atoms with van der Waals surface area (Å²) in [5.41, 5.74) is 4.02. The largest absolute Gasteiger partial charge is 0.493 e. The maximum atomic E-state index is 12.9. The molecule has 2 N–H and O–H groups in total. The molecule has 2 aromatic rings. The zero-order valence-electron chi connectivity index (χ0n) is 21.8. The van der Waals surface area contributed by atoms with Gasteiger partial charge in [0.15, 0.2) is 11.5 Å². The number of hydrogen-bond acceptors (Lipinski definition) is 7. The maximum absolute atomic E-state index is 12.9. The molecule has 0 saturated heterocycles. The monoisotopic (exact) mass is 516 g/mol. The SMILES string of the molecule is CCC(Nc1ccc(N(CCN(CC)CC)S(C)(=O)=O)cc1)=C1C(=O)Nc2cc(OC)c(OC)cc21. The highest BCUT2D eigenvalue weighted by molar-refractivity contribution is 7.92. The molecule has 0 fully saturated rings. The third-order valence-electron chi connectivity index (χ3n) is 6.29. The highest BCUT2D eigenvalue weighted by Crippen LogP contribution is 2.42. The first kappa shape index (κ1) is 27.3. The third kappa shape index (κ3) is 5.93. The Labute approximate surface area is 214 Å². The number of benzene rings is 2. The van der Waals surface area contributed by atoms with Gasteiger partial charge in [-0.1, -0.05) is 20.8 Å². The molecular weight excluding hydrogens is 480 g/mol. The highest BCUT2D eigenvalue weighted by Gasteiger charge is 2.29. The molecule has 0 atom stereocenters. The van der Waals surface area contributed by atoms with Crippen LogP contribution in [0.1, 0.15) is 32.8 Å². The van der Waals surface area contributed by atoms with Crippen LogP contribution in [-0.4, -0.2) is 65.9 Å². The lowest BCUT2D eigenvalue weighted by molar-refractivity contribution is -0.110. The fraction of sp³-hybridized carbons (Fsp3) is 0.423. The van der Waals surface area contributed by atoms with E-state index >= 15 is 0 Å². The minimum atomic E-state index is -3.43. The van der Waals surface area contributed by atoms with Crippen molar-refractivity contribution in [3.05, 3.63) is 47.7 Å². The molecule has 0 unspecified atom stereocenters. The van der Waals surface area contributed by atoms with Crippen LogP contribution in [0.15, 0.2) is 42.1 Å². The second-order valence-corrected chi connectivity index (χ2v) is 10.4. The van der Waals surface area contributed by atoms with Crippen molar-refractivity contribution in [1.82, 2.24) is 4.90 Å². The molecule has 0 aliphatic carbocycles. The Balaban J connectivity index is 1.89. The molecule has 0 radical (unpaired) electrons. The molecule has 10 heteroatoms. The third-order valence-corrected chi connectivity index (χ3v) is 7.48. The van der Waals surface area contributed by atoms with Gasteiger partial charge in [-0.25, -0.2) is 8.42 Å². The van der Waals surface area contributed by atoms with E-state index in [0.29, 0.717) is 48.0 Å². The molecule has 1 aliphatic rings. The summed E-state index contributed by atoms with van der Waals surface area (Å²) in [6, 6.07) is 10.7. The molecule has 0 spiro atoms. The van der Waals surface area contributed by atoms with Gasteiger partial charge in [-0.05, 0) is 49.8 Å². The number of nitrogens with one attached hydrogen (secondary N) is 2. The van der Waals surface area contributed by atoms with Crippen molar-refractivity contribution in [2.45, 2.75) is 27.2 Å². The average Bonchev–Trinajstić information content (AvgIpc) is 3.18. The number of carbonyl (C=O) groups is 1. The first-order valence-electron chi connectivity index (χ1n) is 12.0. The van der Waals surface area contributed by atoms with Crippen molar-refractivity contribution >= 4 is 38.6 Å². The van der Waals surface area contributed by atoms with Gasteiger partial charge < -0.3 is 25.0 Å². The van der Waals surface area contributed by atoms with Crippen molar-refractivity contribution in [3.63, 3.8) is 0 Å². The summed E-state index contributed by atoms with van der Waals surface area (Å²) < 4.78 is 37.2. The van der Waals surface area contributed by atoms with Gasteiger partial charge in [-0.3, -0.25) is 9.10 Å². The normalized spacial score (nSPS) is 14.4. The lowest BCUT2D eigenvalue weighted by Gasteiger charge is -2.26. The molecule has 3 rings (SSSR count). The Hall–Kier alpha value is -3.24. The Morgan fingerprint density at radius 1 is 0.972 bits per heavy atom. The number of likely N-dealkylation sites (N-methyl/N-ethyl adjacent to an activating group) is 1. The summed E-state index contributed by atoms with van der Waals surface area (Å²) in [5, 5.41) is 6.25. The Bertz CT molecular complexity index is 1220. The summed E-state index contributed by atoms with van der Waals surface area (Å²) in [6.07, 6.45) is 1.80. The molecule has 0 bridgehead atoms. The topological polar surface area (TPSA) is 100 Å². The standard InChI is InChI=1S/C26H36N4O5S/c1-7-21(25-20-16-23(34-4)24(35-5)17-22(20)28-26(25)31)27-18-10-12-19(13-11-18)30(36(6,32)33)15-14-29(8-2)9-3/h10-13,16-17,27H,7-9,14-15H2,1-6H3,(H,28,31). The van der Waals surface area contributed by atoms with E-state index in [0.717, 1.165) is 30.0 Å². The first-order valence-corrected chi connectivity index (χ1v) is 13.9. The van der Waals surface area contributed by atoms with Crippen molar-refractivity contribution in [2.75, 3.05) is 61.6 Å². The van der Waals surface area contributed by atoms with Crippen LogP contribution in [0, 0.1) is 0 Å². The zero-order valence-corrected chi connectivity index (χ0v) is 22.7. The number of rotatable bonds is 12. The van der Waals surface area contributed by atoms with Crippen molar-refractivity contribution in [1.29, 1.82) is 0 Å². The van der Waals surface area contributed by atoms with E-state index in [1.807, 2.05) is 19.1 Å². The molecular formula is C26H36N4O5S. The molecule has 2 aromatic carbocycles. The molecule has 36 heavy (non-hydrogen) atoms. The molecule has 0 saturated carbocycles. The first-order chi connectivity index (χ1) is 17.2. The number of methoxy groups -OCH3 is 2. The van der Waals surface area contributed by atoms with Crippen LogP contribution in [-0.2, 0) is 14.8 Å². The average molecular weight is 517 g/mol. The van der Waals surface area contributed by atoms with Crippen LogP contribution >= 0.6 is 0 Å². The Kier molecular flexibility index (Phi) is 8.86. The molecule has 196 valence electrons. The van der Waals surface area contributed by atoms with E-state index in [1.54, 1.807) is 38.5 Å². The Morgan fingerprint density at radius 2 is 1.58 bits per heavy atom. The van der Waals surface area contributed by atoms with Crippen LogP contribution in [0.5, 0.6) is 11.5 Å². The number of sulfonamides is 1. The number of carbonyl (C=O) groups excluding carboxylic acids is 1. The lowest BCUT2D eigenvalue weighted by atomic mass is 10.0. The Morgan fingerprint density at radius 3 is 2.11 bits per heavy atom. The highest BCUT2D eigenvalue weighted by atomic mass is 32.2. The predicted molar refractivity (Wildman–Crippen MR) is 145 cm³/mol. The van der Waals surface area contributed by atoms with E-state index < -0.39 is 10.0 Å². The maximum Gasteiger partial charge on any atom is 0.258 e. The second kappa shape index (κ2) is 11.7. The predicted octanol–water partition coefficient (Wildman–Crippen LogP) is 4.00. The molecule has 1 amide bonds. The van der Waals surface area contributed by atoms with Gasteiger partial charge in [-0.2, -0.15) is 0 Å². The van der Waals surface area contributed by atoms with Crippen molar-refractivity contribution in [3.8, 4) is 11.5 Å². The minimum absolute atomic E-state index is 0.207. The quantitative estimate of drug-likeness (QED) is 0.411. The number of anilines is 3. The van der Waals surface area contributed by atoms with Crippen LogP contribution < -0.4 is 24.4 Å². The summed E-state index contributed by atoms with van der Waals surface area (Å²) in [5.74, 6) is 0.868. The fourth-order valence-corrected chi connectivity index (χ4v) is 5.19.